The molecule has 0 saturated heterocycles. The first-order valence-corrected chi connectivity index (χ1v) is 8.53. The van der Waals surface area contributed by atoms with Crippen LogP contribution in [0.4, 0.5) is 11.4 Å². The Hall–Kier alpha value is -2.62. The minimum atomic E-state index is -1.18. The van der Waals surface area contributed by atoms with E-state index in [1.165, 1.54) is 0 Å². The number of benzene rings is 2. The molecule has 4 nitrogen and oxygen atoms in total. The zero-order valence-electron chi connectivity index (χ0n) is 15.6. The van der Waals surface area contributed by atoms with Crippen LogP contribution >= 0.6 is 0 Å². The Bertz CT molecular complexity index is 746. The number of carbonyl (C=O) groups excluding carboxylic acids is 2. The van der Waals surface area contributed by atoms with Crippen molar-refractivity contribution in [1.82, 2.24) is 0 Å². The summed E-state index contributed by atoms with van der Waals surface area (Å²) in [6, 6.07) is 15.3. The highest BCUT2D eigenvalue weighted by Crippen LogP contribution is 2.27. The molecule has 1 N–H and O–H groups in total. The molecule has 0 aliphatic heterocycles. The van der Waals surface area contributed by atoms with Crippen LogP contribution < -0.4 is 10.2 Å². The minimum Gasteiger partial charge on any atom is -0.325 e. The second-order valence-electron chi connectivity index (χ2n) is 6.73. The molecule has 0 radical (unpaired) electrons. The van der Waals surface area contributed by atoms with Gasteiger partial charge in [-0.2, -0.15) is 0 Å². The van der Waals surface area contributed by atoms with Crippen molar-refractivity contribution >= 4 is 23.2 Å². The maximum atomic E-state index is 13.1. The zero-order chi connectivity index (χ0) is 18.6. The number of nitrogens with zero attached hydrogens (tertiary/aromatic N) is 1. The molecular weight excluding hydrogens is 312 g/mol. The standard InChI is InChI=1S/C21H26N2O2/c1-6-23(17-13-8-7-9-14-17)20(25)21(4,5)19(24)22-18-15(2)11-10-12-16(18)3/h7-14H,6H2,1-5H3,(H,22,24). The first-order chi connectivity index (χ1) is 11.8. The summed E-state index contributed by atoms with van der Waals surface area (Å²) >= 11 is 0. The van der Waals surface area contributed by atoms with E-state index < -0.39 is 5.41 Å². The molecule has 4 heteroatoms. The van der Waals surface area contributed by atoms with Crippen molar-refractivity contribution in [3.8, 4) is 0 Å². The predicted molar refractivity (Wildman–Crippen MR) is 103 cm³/mol. The second kappa shape index (κ2) is 7.51. The van der Waals surface area contributed by atoms with E-state index in [1.54, 1.807) is 18.7 Å². The molecule has 0 bridgehead atoms. The smallest absolute Gasteiger partial charge is 0.242 e. The van der Waals surface area contributed by atoms with Gasteiger partial charge in [0.25, 0.3) is 0 Å². The van der Waals surface area contributed by atoms with Crippen molar-refractivity contribution in [2.45, 2.75) is 34.6 Å². The Morgan fingerprint density at radius 3 is 2.04 bits per heavy atom. The number of hydrogen-bond donors (Lipinski definition) is 1. The first-order valence-electron chi connectivity index (χ1n) is 8.53. The summed E-state index contributed by atoms with van der Waals surface area (Å²) in [4.78, 5) is 27.6. The van der Waals surface area contributed by atoms with Crippen LogP contribution in [0, 0.1) is 19.3 Å². The van der Waals surface area contributed by atoms with Crippen LogP contribution in [0.2, 0.25) is 0 Å². The summed E-state index contributed by atoms with van der Waals surface area (Å²) in [6.45, 7) is 9.64. The molecule has 132 valence electrons. The van der Waals surface area contributed by atoms with Gasteiger partial charge < -0.3 is 10.2 Å². The summed E-state index contributed by atoms with van der Waals surface area (Å²) in [5.74, 6) is -0.519. The average Bonchev–Trinajstić information content (AvgIpc) is 2.59. The Morgan fingerprint density at radius 1 is 0.960 bits per heavy atom. The fraction of sp³-hybridized carbons (Fsp3) is 0.333. The van der Waals surface area contributed by atoms with Gasteiger partial charge in [-0.3, -0.25) is 9.59 Å². The lowest BCUT2D eigenvalue weighted by Crippen LogP contribution is -2.47. The summed E-state index contributed by atoms with van der Waals surface area (Å²) < 4.78 is 0. The van der Waals surface area contributed by atoms with Crippen LogP contribution in [0.25, 0.3) is 0 Å². The van der Waals surface area contributed by atoms with E-state index in [0.717, 1.165) is 22.5 Å². The number of rotatable bonds is 5. The van der Waals surface area contributed by atoms with E-state index in [9.17, 15) is 9.59 Å². The molecule has 0 aliphatic carbocycles. The van der Waals surface area contributed by atoms with E-state index >= 15 is 0 Å². The Morgan fingerprint density at radius 2 is 1.52 bits per heavy atom. The highest BCUT2D eigenvalue weighted by atomic mass is 16.2. The predicted octanol–water partition coefficient (Wildman–Crippen LogP) is 4.32. The van der Waals surface area contributed by atoms with E-state index in [-0.39, 0.29) is 11.8 Å². The molecule has 0 fully saturated rings. The molecule has 2 aromatic rings. The fourth-order valence-electron chi connectivity index (χ4n) is 2.77. The quantitative estimate of drug-likeness (QED) is 0.825. The van der Waals surface area contributed by atoms with Crippen molar-refractivity contribution in [3.63, 3.8) is 0 Å². The molecule has 0 aromatic heterocycles. The number of nitrogens with one attached hydrogen (secondary N) is 1. The number of para-hydroxylation sites is 2. The number of carbonyl (C=O) groups is 2. The van der Waals surface area contributed by atoms with Gasteiger partial charge in [-0.25, -0.2) is 0 Å². The second-order valence-corrected chi connectivity index (χ2v) is 6.73. The molecule has 0 saturated carbocycles. The van der Waals surface area contributed by atoms with Gasteiger partial charge in [-0.15, -0.1) is 0 Å². The number of anilines is 2. The fourth-order valence-corrected chi connectivity index (χ4v) is 2.77. The van der Waals surface area contributed by atoms with Gasteiger partial charge in [0.15, 0.2) is 0 Å². The van der Waals surface area contributed by atoms with Gasteiger partial charge in [0.1, 0.15) is 5.41 Å². The SMILES string of the molecule is CCN(C(=O)C(C)(C)C(=O)Nc1c(C)cccc1C)c1ccccc1. The third-order valence-electron chi connectivity index (χ3n) is 4.45. The van der Waals surface area contributed by atoms with E-state index in [2.05, 4.69) is 5.32 Å². The summed E-state index contributed by atoms with van der Waals surface area (Å²) in [5, 5.41) is 2.94. The molecular formula is C21H26N2O2. The van der Waals surface area contributed by atoms with Gasteiger partial charge in [0.05, 0.1) is 0 Å². The van der Waals surface area contributed by atoms with Crippen LogP contribution in [-0.4, -0.2) is 18.4 Å². The molecule has 0 heterocycles. The highest BCUT2D eigenvalue weighted by molar-refractivity contribution is 6.15. The summed E-state index contributed by atoms with van der Waals surface area (Å²) in [5.41, 5.74) is 2.35. The summed E-state index contributed by atoms with van der Waals surface area (Å²) in [6.07, 6.45) is 0. The molecule has 0 aliphatic rings. The van der Waals surface area contributed by atoms with Gasteiger partial charge in [0.2, 0.25) is 11.8 Å². The van der Waals surface area contributed by atoms with Crippen molar-refractivity contribution in [1.29, 1.82) is 0 Å². The lowest BCUT2D eigenvalue weighted by Gasteiger charge is -2.30. The van der Waals surface area contributed by atoms with Crippen LogP contribution in [-0.2, 0) is 9.59 Å². The van der Waals surface area contributed by atoms with Crippen molar-refractivity contribution < 1.29 is 9.59 Å². The highest BCUT2D eigenvalue weighted by Gasteiger charge is 2.39. The average molecular weight is 338 g/mol. The van der Waals surface area contributed by atoms with Gasteiger partial charge in [-0.1, -0.05) is 36.4 Å². The molecule has 0 unspecified atom stereocenters. The van der Waals surface area contributed by atoms with E-state index in [4.69, 9.17) is 0 Å². The molecule has 2 aromatic carbocycles. The first kappa shape index (κ1) is 18.7. The monoisotopic (exact) mass is 338 g/mol. The van der Waals surface area contributed by atoms with Crippen LogP contribution in [0.1, 0.15) is 31.9 Å². The van der Waals surface area contributed by atoms with E-state index in [0.29, 0.717) is 6.54 Å². The maximum Gasteiger partial charge on any atom is 0.242 e. The van der Waals surface area contributed by atoms with Crippen molar-refractivity contribution in [2.24, 2.45) is 5.41 Å². The molecule has 0 atom stereocenters. The zero-order valence-corrected chi connectivity index (χ0v) is 15.6. The summed E-state index contributed by atoms with van der Waals surface area (Å²) in [7, 11) is 0. The normalized spacial score (nSPS) is 11.1. The number of hydrogen-bond acceptors (Lipinski definition) is 2. The number of amides is 2. The van der Waals surface area contributed by atoms with Gasteiger partial charge >= 0.3 is 0 Å². The third-order valence-corrected chi connectivity index (χ3v) is 4.45. The van der Waals surface area contributed by atoms with E-state index in [1.807, 2.05) is 69.3 Å². The van der Waals surface area contributed by atoms with Crippen molar-refractivity contribution in [2.75, 3.05) is 16.8 Å². The topological polar surface area (TPSA) is 49.4 Å². The minimum absolute atomic E-state index is 0.218. The Labute approximate surface area is 149 Å². The van der Waals surface area contributed by atoms with Crippen molar-refractivity contribution in [3.05, 3.63) is 59.7 Å². The van der Waals surface area contributed by atoms with Crippen LogP contribution in [0.3, 0.4) is 0 Å². The van der Waals surface area contributed by atoms with Crippen LogP contribution in [0.15, 0.2) is 48.5 Å². The van der Waals surface area contributed by atoms with Gasteiger partial charge in [-0.05, 0) is 57.9 Å². The lowest BCUT2D eigenvalue weighted by molar-refractivity contribution is -0.136. The molecule has 25 heavy (non-hydrogen) atoms. The Kier molecular flexibility index (Phi) is 5.62. The van der Waals surface area contributed by atoms with Gasteiger partial charge in [0, 0.05) is 17.9 Å². The lowest BCUT2D eigenvalue weighted by atomic mass is 9.89. The number of aryl methyl sites for hydroxylation is 2. The maximum absolute atomic E-state index is 13.1. The van der Waals surface area contributed by atoms with Crippen LogP contribution in [0.5, 0.6) is 0 Å². The third kappa shape index (κ3) is 3.90. The molecule has 0 spiro atoms. The molecule has 2 amide bonds. The Balaban J connectivity index is 2.27. The molecule has 2 rings (SSSR count). The largest absolute Gasteiger partial charge is 0.325 e.